The van der Waals surface area contributed by atoms with Crippen LogP contribution in [0.4, 0.5) is 10.1 Å². The number of benzene rings is 2. The predicted octanol–water partition coefficient (Wildman–Crippen LogP) is 5.27. The predicted molar refractivity (Wildman–Crippen MR) is 133 cm³/mol. The van der Waals surface area contributed by atoms with Gasteiger partial charge in [-0.2, -0.15) is 0 Å². The minimum Gasteiger partial charge on any atom is -0.397 e. The number of fused-ring (bicyclic) bond motifs is 2. The zero-order valence-corrected chi connectivity index (χ0v) is 18.0. The molecule has 0 radical (unpaired) electrons. The quantitative estimate of drug-likeness (QED) is 0.395. The standard InChI is InChI=1S/C27H19FN6/c28-23-6-2-1-5-20(23)22-14-31-15-24-25(22)34-27(33-24)26-21-11-17(18-10-19(29)13-30-12-18)8-7-16(21)4-3-9-32-26/h1-8,10-15H,9,29H2,(H,33,34). The van der Waals surface area contributed by atoms with Crippen LogP contribution in [0.1, 0.15) is 17.0 Å². The molecule has 0 saturated heterocycles. The lowest BCUT2D eigenvalue weighted by molar-refractivity contribution is 0.631. The summed E-state index contributed by atoms with van der Waals surface area (Å²) in [6.45, 7) is 0.522. The van der Waals surface area contributed by atoms with Crippen molar-refractivity contribution in [3.05, 3.63) is 102 Å². The fourth-order valence-corrected chi connectivity index (χ4v) is 4.23. The Morgan fingerprint density at radius 2 is 1.74 bits per heavy atom. The normalized spacial score (nSPS) is 12.9. The molecule has 0 bridgehead atoms. The van der Waals surface area contributed by atoms with E-state index in [0.717, 1.165) is 28.0 Å². The maximum absolute atomic E-state index is 14.5. The van der Waals surface area contributed by atoms with Gasteiger partial charge in [0.25, 0.3) is 0 Å². The van der Waals surface area contributed by atoms with Crippen molar-refractivity contribution in [1.82, 2.24) is 19.9 Å². The highest BCUT2D eigenvalue weighted by atomic mass is 19.1. The van der Waals surface area contributed by atoms with E-state index in [0.29, 0.717) is 40.2 Å². The second-order valence-corrected chi connectivity index (χ2v) is 8.05. The Labute approximate surface area is 194 Å². The summed E-state index contributed by atoms with van der Waals surface area (Å²) >= 11 is 0. The Morgan fingerprint density at radius 3 is 2.62 bits per heavy atom. The molecule has 0 amide bonds. The first-order valence-corrected chi connectivity index (χ1v) is 10.8. The van der Waals surface area contributed by atoms with Crippen molar-refractivity contribution in [2.45, 2.75) is 0 Å². The summed E-state index contributed by atoms with van der Waals surface area (Å²) in [5.41, 5.74) is 13.6. The molecule has 34 heavy (non-hydrogen) atoms. The number of hydrogen-bond acceptors (Lipinski definition) is 5. The van der Waals surface area contributed by atoms with Crippen molar-refractivity contribution >= 4 is 28.5 Å². The Morgan fingerprint density at radius 1 is 0.853 bits per heavy atom. The molecule has 2 aromatic carbocycles. The largest absolute Gasteiger partial charge is 0.397 e. The molecule has 0 fully saturated rings. The third kappa shape index (κ3) is 3.44. The van der Waals surface area contributed by atoms with Gasteiger partial charge in [-0.05, 0) is 29.3 Å². The molecule has 0 atom stereocenters. The number of nitrogens with one attached hydrogen (secondary N) is 1. The van der Waals surface area contributed by atoms with Crippen LogP contribution in [-0.2, 0) is 0 Å². The number of anilines is 1. The fourth-order valence-electron chi connectivity index (χ4n) is 4.23. The number of aromatic nitrogens is 4. The van der Waals surface area contributed by atoms with Crippen LogP contribution in [0.15, 0.2) is 84.4 Å². The van der Waals surface area contributed by atoms with E-state index in [-0.39, 0.29) is 5.82 Å². The first-order valence-electron chi connectivity index (χ1n) is 10.8. The van der Waals surface area contributed by atoms with Gasteiger partial charge in [-0.15, -0.1) is 0 Å². The van der Waals surface area contributed by atoms with Crippen LogP contribution in [0.5, 0.6) is 0 Å². The minimum atomic E-state index is -0.317. The summed E-state index contributed by atoms with van der Waals surface area (Å²) in [5, 5.41) is 0. The van der Waals surface area contributed by atoms with Crippen molar-refractivity contribution in [3.63, 3.8) is 0 Å². The van der Waals surface area contributed by atoms with E-state index in [1.54, 1.807) is 43.0 Å². The summed E-state index contributed by atoms with van der Waals surface area (Å²) in [6.07, 6.45) is 10.8. The zero-order valence-electron chi connectivity index (χ0n) is 18.0. The third-order valence-corrected chi connectivity index (χ3v) is 5.84. The molecule has 0 aliphatic carbocycles. The minimum absolute atomic E-state index is 0.317. The van der Waals surface area contributed by atoms with Crippen LogP contribution in [0, 0.1) is 5.82 Å². The Kier molecular flexibility index (Phi) is 4.73. The lowest BCUT2D eigenvalue weighted by Gasteiger charge is -2.10. The lowest BCUT2D eigenvalue weighted by Crippen LogP contribution is -2.08. The number of halogens is 1. The summed E-state index contributed by atoms with van der Waals surface area (Å²) in [4.78, 5) is 21.5. The first-order chi connectivity index (χ1) is 16.7. The number of imidazole rings is 1. The van der Waals surface area contributed by atoms with E-state index < -0.39 is 0 Å². The van der Waals surface area contributed by atoms with Crippen LogP contribution in [0.3, 0.4) is 0 Å². The van der Waals surface area contributed by atoms with Crippen molar-refractivity contribution in [3.8, 4) is 22.3 Å². The molecule has 4 heterocycles. The summed E-state index contributed by atoms with van der Waals surface area (Å²) in [5.74, 6) is 0.288. The number of nitrogens with zero attached hydrogens (tertiary/aromatic N) is 4. The van der Waals surface area contributed by atoms with Gasteiger partial charge in [-0.25, -0.2) is 9.37 Å². The van der Waals surface area contributed by atoms with Crippen LogP contribution >= 0.6 is 0 Å². The van der Waals surface area contributed by atoms with Gasteiger partial charge in [0.1, 0.15) is 17.0 Å². The van der Waals surface area contributed by atoms with E-state index in [1.165, 1.54) is 6.07 Å². The number of nitrogen functional groups attached to an aromatic ring is 1. The molecule has 7 heteroatoms. The maximum Gasteiger partial charge on any atom is 0.157 e. The van der Waals surface area contributed by atoms with Crippen molar-refractivity contribution in [2.75, 3.05) is 12.3 Å². The van der Waals surface area contributed by atoms with Crippen molar-refractivity contribution < 1.29 is 4.39 Å². The van der Waals surface area contributed by atoms with Gasteiger partial charge in [0.2, 0.25) is 0 Å². The number of rotatable bonds is 3. The monoisotopic (exact) mass is 446 g/mol. The molecule has 0 spiro atoms. The van der Waals surface area contributed by atoms with Gasteiger partial charge in [0.05, 0.1) is 23.9 Å². The second kappa shape index (κ2) is 8.04. The third-order valence-electron chi connectivity index (χ3n) is 5.84. The molecule has 164 valence electrons. The molecule has 0 saturated carbocycles. The molecule has 0 unspecified atom stereocenters. The molecular weight excluding hydrogens is 427 g/mol. The number of hydrogen-bond donors (Lipinski definition) is 2. The van der Waals surface area contributed by atoms with Crippen molar-refractivity contribution in [1.29, 1.82) is 0 Å². The molecule has 3 aromatic heterocycles. The molecule has 6 rings (SSSR count). The topological polar surface area (TPSA) is 92.8 Å². The molecule has 5 aromatic rings. The number of aromatic amines is 1. The number of pyridine rings is 2. The molecule has 1 aliphatic heterocycles. The van der Waals surface area contributed by atoms with Crippen LogP contribution in [0.2, 0.25) is 0 Å². The average molecular weight is 446 g/mol. The Bertz CT molecular complexity index is 1620. The van der Waals surface area contributed by atoms with E-state index in [1.807, 2.05) is 18.2 Å². The summed E-state index contributed by atoms with van der Waals surface area (Å²) in [6, 6.07) is 14.7. The molecule has 3 N–H and O–H groups in total. The SMILES string of the molecule is Nc1cncc(-c2ccc3c(c2)C(c2nc4c(-c5ccccc5F)cncc4[nH]2)=NCC=C3)c1. The Hall–Kier alpha value is -4.65. The van der Waals surface area contributed by atoms with Gasteiger partial charge in [0.15, 0.2) is 5.82 Å². The Balaban J connectivity index is 1.51. The van der Waals surface area contributed by atoms with E-state index in [9.17, 15) is 4.39 Å². The average Bonchev–Trinajstić information content (AvgIpc) is 3.17. The van der Waals surface area contributed by atoms with Gasteiger partial charge < -0.3 is 10.7 Å². The highest BCUT2D eigenvalue weighted by Crippen LogP contribution is 2.31. The number of nitrogens with two attached hydrogens (primary N) is 1. The summed E-state index contributed by atoms with van der Waals surface area (Å²) in [7, 11) is 0. The number of H-pyrrole nitrogens is 1. The van der Waals surface area contributed by atoms with Gasteiger partial charge in [-0.1, -0.05) is 42.5 Å². The summed E-state index contributed by atoms with van der Waals surface area (Å²) < 4.78 is 14.5. The zero-order chi connectivity index (χ0) is 23.1. The lowest BCUT2D eigenvalue weighted by atomic mass is 9.96. The van der Waals surface area contributed by atoms with Gasteiger partial charge >= 0.3 is 0 Å². The van der Waals surface area contributed by atoms with E-state index in [2.05, 4.69) is 33.2 Å². The van der Waals surface area contributed by atoms with Crippen molar-refractivity contribution in [2.24, 2.45) is 4.99 Å². The van der Waals surface area contributed by atoms with Gasteiger partial charge in [-0.3, -0.25) is 15.0 Å². The number of aliphatic imine (C=N–C) groups is 1. The van der Waals surface area contributed by atoms with E-state index >= 15 is 0 Å². The fraction of sp³-hybridized carbons (Fsp3) is 0.0370. The molecule has 1 aliphatic rings. The van der Waals surface area contributed by atoms with Crippen LogP contribution in [-0.4, -0.2) is 32.2 Å². The molecule has 6 nitrogen and oxygen atoms in total. The highest BCUT2D eigenvalue weighted by Gasteiger charge is 2.19. The molecular formula is C27H19FN6. The van der Waals surface area contributed by atoms with Crippen LogP contribution in [0.25, 0.3) is 39.4 Å². The van der Waals surface area contributed by atoms with Gasteiger partial charge in [0, 0.05) is 40.8 Å². The second-order valence-electron chi connectivity index (χ2n) is 8.05. The van der Waals surface area contributed by atoms with E-state index in [4.69, 9.17) is 15.7 Å². The smallest absolute Gasteiger partial charge is 0.157 e. The maximum atomic E-state index is 14.5. The first kappa shape index (κ1) is 20.0. The highest BCUT2D eigenvalue weighted by molar-refractivity contribution is 6.15. The van der Waals surface area contributed by atoms with Crippen LogP contribution < -0.4 is 5.73 Å².